The number of benzene rings is 1. The van der Waals surface area contributed by atoms with Gasteiger partial charge in [-0.05, 0) is 49.9 Å². The third-order valence-electron chi connectivity index (χ3n) is 3.67. The van der Waals surface area contributed by atoms with Crippen molar-refractivity contribution in [2.75, 3.05) is 0 Å². The van der Waals surface area contributed by atoms with E-state index in [0.717, 1.165) is 25.7 Å². The van der Waals surface area contributed by atoms with Gasteiger partial charge in [-0.25, -0.2) is 4.79 Å². The van der Waals surface area contributed by atoms with Crippen LogP contribution in [0.5, 0.6) is 0 Å². The maximum absolute atomic E-state index is 12.1. The highest BCUT2D eigenvalue weighted by Crippen LogP contribution is 2.19. The van der Waals surface area contributed by atoms with Gasteiger partial charge >= 0.3 is 6.09 Å². The molecule has 3 N–H and O–H groups in total. The number of carboxylic acid groups (broad SMARTS) is 1. The van der Waals surface area contributed by atoms with Gasteiger partial charge in [0.15, 0.2) is 0 Å². The van der Waals surface area contributed by atoms with E-state index in [4.69, 9.17) is 10.4 Å². The number of nitrogens with zero attached hydrogens (tertiary/aromatic N) is 1. The fraction of sp³-hybridized carbons (Fsp3) is 0.400. The Balaban J connectivity index is 1.84. The van der Waals surface area contributed by atoms with Gasteiger partial charge in [-0.15, -0.1) is 0 Å². The molecule has 0 saturated heterocycles. The van der Waals surface area contributed by atoms with E-state index in [1.807, 2.05) is 6.07 Å². The smallest absolute Gasteiger partial charge is 0.404 e. The summed E-state index contributed by atoms with van der Waals surface area (Å²) >= 11 is 0. The van der Waals surface area contributed by atoms with Gasteiger partial charge in [0.1, 0.15) is 0 Å². The zero-order chi connectivity index (χ0) is 15.2. The van der Waals surface area contributed by atoms with Crippen LogP contribution in [0.2, 0.25) is 0 Å². The average molecular weight is 287 g/mol. The molecule has 1 aliphatic rings. The first-order valence-corrected chi connectivity index (χ1v) is 6.89. The Kier molecular flexibility index (Phi) is 4.77. The van der Waals surface area contributed by atoms with E-state index in [-0.39, 0.29) is 18.0 Å². The van der Waals surface area contributed by atoms with Crippen molar-refractivity contribution in [2.24, 2.45) is 0 Å². The summed E-state index contributed by atoms with van der Waals surface area (Å²) in [4.78, 5) is 22.6. The van der Waals surface area contributed by atoms with Crippen molar-refractivity contribution in [1.29, 1.82) is 5.26 Å². The van der Waals surface area contributed by atoms with E-state index in [2.05, 4.69) is 10.6 Å². The molecule has 2 rings (SSSR count). The van der Waals surface area contributed by atoms with Crippen LogP contribution in [0.4, 0.5) is 4.79 Å². The number of rotatable bonds is 3. The van der Waals surface area contributed by atoms with Gasteiger partial charge in [-0.3, -0.25) is 4.79 Å². The first kappa shape index (κ1) is 14.9. The molecule has 1 saturated carbocycles. The number of hydrogen-bond acceptors (Lipinski definition) is 3. The monoisotopic (exact) mass is 287 g/mol. The number of carbonyl (C=O) groups excluding carboxylic acids is 1. The van der Waals surface area contributed by atoms with Crippen LogP contribution >= 0.6 is 0 Å². The molecule has 0 unspecified atom stereocenters. The molecule has 110 valence electrons. The minimum Gasteiger partial charge on any atom is -0.465 e. The molecule has 1 aromatic rings. The van der Waals surface area contributed by atoms with Crippen LogP contribution in [-0.2, 0) is 0 Å². The molecule has 0 aromatic heterocycles. The SMILES string of the molecule is N#Cc1ccc(C(=O)N[C@H]2CC[C@H](NC(=O)O)CC2)cc1. The molecular formula is C15H17N3O3. The molecule has 21 heavy (non-hydrogen) atoms. The van der Waals surface area contributed by atoms with Crippen LogP contribution in [0.25, 0.3) is 0 Å². The van der Waals surface area contributed by atoms with Crippen molar-refractivity contribution in [3.05, 3.63) is 35.4 Å². The highest BCUT2D eigenvalue weighted by Gasteiger charge is 2.23. The van der Waals surface area contributed by atoms with E-state index in [9.17, 15) is 9.59 Å². The predicted molar refractivity (Wildman–Crippen MR) is 75.8 cm³/mol. The molecule has 0 spiro atoms. The van der Waals surface area contributed by atoms with Crippen molar-refractivity contribution >= 4 is 12.0 Å². The number of amides is 2. The third-order valence-corrected chi connectivity index (χ3v) is 3.67. The van der Waals surface area contributed by atoms with Gasteiger partial charge in [-0.2, -0.15) is 5.26 Å². The number of hydrogen-bond donors (Lipinski definition) is 3. The Morgan fingerprint density at radius 2 is 1.57 bits per heavy atom. The van der Waals surface area contributed by atoms with Gasteiger partial charge < -0.3 is 15.7 Å². The van der Waals surface area contributed by atoms with Crippen LogP contribution in [0, 0.1) is 11.3 Å². The van der Waals surface area contributed by atoms with E-state index in [1.54, 1.807) is 24.3 Å². The summed E-state index contributed by atoms with van der Waals surface area (Å²) in [5.41, 5.74) is 1.05. The summed E-state index contributed by atoms with van der Waals surface area (Å²) in [6.45, 7) is 0. The van der Waals surface area contributed by atoms with Crippen LogP contribution in [0.1, 0.15) is 41.6 Å². The maximum Gasteiger partial charge on any atom is 0.404 e. The lowest BCUT2D eigenvalue weighted by Crippen LogP contribution is -2.43. The predicted octanol–water partition coefficient (Wildman–Crippen LogP) is 1.87. The average Bonchev–Trinajstić information content (AvgIpc) is 2.49. The molecule has 0 radical (unpaired) electrons. The first-order valence-electron chi connectivity index (χ1n) is 6.89. The molecule has 1 aliphatic carbocycles. The van der Waals surface area contributed by atoms with E-state index in [0.29, 0.717) is 11.1 Å². The molecule has 0 heterocycles. The number of nitriles is 1. The summed E-state index contributed by atoms with van der Waals surface area (Å²) in [6, 6.07) is 8.54. The summed E-state index contributed by atoms with van der Waals surface area (Å²) in [5, 5.41) is 22.8. The van der Waals surface area contributed by atoms with Gasteiger partial charge in [-0.1, -0.05) is 0 Å². The zero-order valence-electron chi connectivity index (χ0n) is 11.5. The van der Waals surface area contributed by atoms with Crippen molar-refractivity contribution in [3.63, 3.8) is 0 Å². The lowest BCUT2D eigenvalue weighted by Gasteiger charge is -2.28. The van der Waals surface area contributed by atoms with E-state index >= 15 is 0 Å². The Morgan fingerprint density at radius 1 is 1.05 bits per heavy atom. The summed E-state index contributed by atoms with van der Waals surface area (Å²) in [7, 11) is 0. The van der Waals surface area contributed by atoms with E-state index in [1.165, 1.54) is 0 Å². The van der Waals surface area contributed by atoms with Crippen LogP contribution in [0.15, 0.2) is 24.3 Å². The summed E-state index contributed by atoms with van der Waals surface area (Å²) in [6.07, 6.45) is 1.97. The lowest BCUT2D eigenvalue weighted by atomic mass is 9.91. The molecule has 0 atom stereocenters. The second kappa shape index (κ2) is 6.75. The Labute approximate surface area is 122 Å². The van der Waals surface area contributed by atoms with Crippen molar-refractivity contribution in [2.45, 2.75) is 37.8 Å². The molecule has 2 amide bonds. The second-order valence-corrected chi connectivity index (χ2v) is 5.16. The first-order chi connectivity index (χ1) is 10.1. The summed E-state index contributed by atoms with van der Waals surface area (Å²) < 4.78 is 0. The highest BCUT2D eigenvalue weighted by atomic mass is 16.4. The molecule has 0 bridgehead atoms. The molecule has 6 nitrogen and oxygen atoms in total. The molecule has 1 fully saturated rings. The molecular weight excluding hydrogens is 270 g/mol. The van der Waals surface area contributed by atoms with Crippen molar-refractivity contribution < 1.29 is 14.7 Å². The number of carbonyl (C=O) groups is 2. The van der Waals surface area contributed by atoms with Crippen molar-refractivity contribution in [1.82, 2.24) is 10.6 Å². The molecule has 0 aliphatic heterocycles. The maximum atomic E-state index is 12.1. The van der Waals surface area contributed by atoms with Crippen LogP contribution in [0.3, 0.4) is 0 Å². The minimum atomic E-state index is -1.000. The van der Waals surface area contributed by atoms with Gasteiger partial charge in [0.05, 0.1) is 11.6 Å². The fourth-order valence-corrected chi connectivity index (χ4v) is 2.52. The Hall–Kier alpha value is -2.55. The van der Waals surface area contributed by atoms with Crippen molar-refractivity contribution in [3.8, 4) is 6.07 Å². The van der Waals surface area contributed by atoms with Crippen LogP contribution < -0.4 is 10.6 Å². The van der Waals surface area contributed by atoms with Gasteiger partial charge in [0.2, 0.25) is 0 Å². The van der Waals surface area contributed by atoms with Crippen LogP contribution in [-0.4, -0.2) is 29.2 Å². The molecule has 6 heteroatoms. The third kappa shape index (κ3) is 4.21. The lowest BCUT2D eigenvalue weighted by molar-refractivity contribution is 0.0923. The fourth-order valence-electron chi connectivity index (χ4n) is 2.52. The Bertz CT molecular complexity index is 555. The normalized spacial score (nSPS) is 21.1. The van der Waals surface area contributed by atoms with Gasteiger partial charge in [0, 0.05) is 17.6 Å². The Morgan fingerprint density at radius 3 is 2.05 bits per heavy atom. The largest absolute Gasteiger partial charge is 0.465 e. The van der Waals surface area contributed by atoms with E-state index < -0.39 is 6.09 Å². The topological polar surface area (TPSA) is 102 Å². The molecule has 1 aromatic carbocycles. The zero-order valence-corrected chi connectivity index (χ0v) is 11.5. The quantitative estimate of drug-likeness (QED) is 0.789. The minimum absolute atomic E-state index is 0.0226. The highest BCUT2D eigenvalue weighted by molar-refractivity contribution is 5.94. The standard InChI is InChI=1S/C15H17N3O3/c16-9-10-1-3-11(4-2-10)14(19)17-12-5-7-13(8-6-12)18-15(20)21/h1-4,12-13,18H,5-8H2,(H,17,19)(H,20,21)/t12-,13-. The summed E-state index contributed by atoms with van der Waals surface area (Å²) in [5.74, 6) is -0.158. The second-order valence-electron chi connectivity index (χ2n) is 5.16. The van der Waals surface area contributed by atoms with Gasteiger partial charge in [0.25, 0.3) is 5.91 Å². The number of nitrogens with one attached hydrogen (secondary N) is 2.